The Balaban J connectivity index is 2.24. The Kier molecular flexibility index (Phi) is 7.06. The summed E-state index contributed by atoms with van der Waals surface area (Å²) < 4.78 is 0. The molecule has 1 rings (SSSR count). The monoisotopic (exact) mass is 226 g/mol. The molecule has 1 saturated heterocycles. The Morgan fingerprint density at radius 2 is 2.06 bits per heavy atom. The molecule has 1 heterocycles. The standard InChI is InChI=1S/C14H30N2/c1-4-7-13(15-6-3)9-8-12-10-11-16-14(12)5-2/h12-16H,4-11H2,1-3H3. The van der Waals surface area contributed by atoms with Crippen molar-refractivity contribution in [2.45, 2.75) is 71.4 Å². The topological polar surface area (TPSA) is 24.1 Å². The molecule has 96 valence electrons. The van der Waals surface area contributed by atoms with Gasteiger partial charge in [-0.2, -0.15) is 0 Å². The van der Waals surface area contributed by atoms with E-state index >= 15 is 0 Å². The molecule has 3 unspecified atom stereocenters. The Labute approximate surface area is 102 Å². The molecule has 2 N–H and O–H groups in total. The quantitative estimate of drug-likeness (QED) is 0.665. The second kappa shape index (κ2) is 8.08. The van der Waals surface area contributed by atoms with Gasteiger partial charge in [-0.25, -0.2) is 0 Å². The molecule has 0 bridgehead atoms. The third-order valence-electron chi connectivity index (χ3n) is 3.95. The maximum atomic E-state index is 3.62. The largest absolute Gasteiger partial charge is 0.314 e. The fraction of sp³-hybridized carbons (Fsp3) is 1.00. The lowest BCUT2D eigenvalue weighted by atomic mass is 9.91. The van der Waals surface area contributed by atoms with Crippen LogP contribution in [0.4, 0.5) is 0 Å². The van der Waals surface area contributed by atoms with Crippen molar-refractivity contribution in [1.29, 1.82) is 0 Å². The van der Waals surface area contributed by atoms with Crippen molar-refractivity contribution in [3.05, 3.63) is 0 Å². The zero-order chi connectivity index (χ0) is 11.8. The van der Waals surface area contributed by atoms with Gasteiger partial charge in [-0.3, -0.25) is 0 Å². The number of hydrogen-bond acceptors (Lipinski definition) is 2. The molecule has 0 aliphatic carbocycles. The number of rotatable bonds is 8. The Morgan fingerprint density at radius 3 is 2.69 bits per heavy atom. The van der Waals surface area contributed by atoms with Gasteiger partial charge in [-0.15, -0.1) is 0 Å². The van der Waals surface area contributed by atoms with Crippen LogP contribution in [0.2, 0.25) is 0 Å². The summed E-state index contributed by atoms with van der Waals surface area (Å²) in [6, 6.07) is 1.55. The molecule has 0 aromatic heterocycles. The van der Waals surface area contributed by atoms with Crippen molar-refractivity contribution in [1.82, 2.24) is 10.6 Å². The highest BCUT2D eigenvalue weighted by Gasteiger charge is 2.25. The van der Waals surface area contributed by atoms with E-state index in [-0.39, 0.29) is 0 Å². The molecule has 2 nitrogen and oxygen atoms in total. The van der Waals surface area contributed by atoms with Gasteiger partial charge >= 0.3 is 0 Å². The van der Waals surface area contributed by atoms with Crippen molar-refractivity contribution < 1.29 is 0 Å². The fourth-order valence-electron chi connectivity index (χ4n) is 3.05. The highest BCUT2D eigenvalue weighted by molar-refractivity contribution is 4.83. The van der Waals surface area contributed by atoms with Gasteiger partial charge in [-0.1, -0.05) is 27.2 Å². The summed E-state index contributed by atoms with van der Waals surface area (Å²) in [5.74, 6) is 0.933. The van der Waals surface area contributed by atoms with E-state index in [1.165, 1.54) is 45.1 Å². The van der Waals surface area contributed by atoms with Crippen LogP contribution in [-0.4, -0.2) is 25.2 Å². The maximum Gasteiger partial charge on any atom is 0.00931 e. The minimum absolute atomic E-state index is 0.758. The van der Waals surface area contributed by atoms with Crippen molar-refractivity contribution in [2.24, 2.45) is 5.92 Å². The summed E-state index contributed by atoms with van der Waals surface area (Å²) in [4.78, 5) is 0. The minimum Gasteiger partial charge on any atom is -0.314 e. The van der Waals surface area contributed by atoms with E-state index in [0.29, 0.717) is 0 Å². The zero-order valence-corrected chi connectivity index (χ0v) is 11.4. The van der Waals surface area contributed by atoms with Crippen LogP contribution in [0, 0.1) is 5.92 Å². The van der Waals surface area contributed by atoms with Crippen molar-refractivity contribution >= 4 is 0 Å². The first kappa shape index (κ1) is 14.0. The predicted molar refractivity (Wildman–Crippen MR) is 71.8 cm³/mol. The van der Waals surface area contributed by atoms with Gasteiger partial charge < -0.3 is 10.6 Å². The summed E-state index contributed by atoms with van der Waals surface area (Å²) >= 11 is 0. The molecule has 1 fully saturated rings. The second-order valence-corrected chi connectivity index (χ2v) is 5.14. The fourth-order valence-corrected chi connectivity index (χ4v) is 3.05. The molecule has 0 amide bonds. The van der Waals surface area contributed by atoms with Crippen LogP contribution in [0.15, 0.2) is 0 Å². The average Bonchev–Trinajstić information content (AvgIpc) is 2.74. The summed E-state index contributed by atoms with van der Waals surface area (Å²) in [7, 11) is 0. The van der Waals surface area contributed by atoms with E-state index in [1.807, 2.05) is 0 Å². The lowest BCUT2D eigenvalue weighted by molar-refractivity contribution is 0.356. The van der Waals surface area contributed by atoms with Crippen LogP contribution in [0.25, 0.3) is 0 Å². The van der Waals surface area contributed by atoms with Gasteiger partial charge in [0.1, 0.15) is 0 Å². The van der Waals surface area contributed by atoms with E-state index in [0.717, 1.165) is 24.5 Å². The van der Waals surface area contributed by atoms with Crippen molar-refractivity contribution in [3.63, 3.8) is 0 Å². The van der Waals surface area contributed by atoms with Crippen LogP contribution in [-0.2, 0) is 0 Å². The Bertz CT molecular complexity index is 164. The summed E-state index contributed by atoms with van der Waals surface area (Å²) in [6.07, 6.45) is 8.10. The van der Waals surface area contributed by atoms with E-state index in [2.05, 4.69) is 31.4 Å². The van der Waals surface area contributed by atoms with Crippen LogP contribution in [0.5, 0.6) is 0 Å². The van der Waals surface area contributed by atoms with Crippen molar-refractivity contribution in [2.75, 3.05) is 13.1 Å². The maximum absolute atomic E-state index is 3.62. The number of nitrogens with one attached hydrogen (secondary N) is 2. The lowest BCUT2D eigenvalue weighted by Crippen LogP contribution is -2.31. The third kappa shape index (κ3) is 4.42. The first-order valence-electron chi connectivity index (χ1n) is 7.28. The SMILES string of the molecule is CCCC(CCC1CCNC1CC)NCC. The van der Waals surface area contributed by atoms with Crippen LogP contribution < -0.4 is 10.6 Å². The lowest BCUT2D eigenvalue weighted by Gasteiger charge is -2.22. The summed E-state index contributed by atoms with van der Waals surface area (Å²) in [6.45, 7) is 9.17. The van der Waals surface area contributed by atoms with Crippen LogP contribution >= 0.6 is 0 Å². The first-order valence-corrected chi connectivity index (χ1v) is 7.28. The third-order valence-corrected chi connectivity index (χ3v) is 3.95. The van der Waals surface area contributed by atoms with Crippen molar-refractivity contribution in [3.8, 4) is 0 Å². The molecule has 0 radical (unpaired) electrons. The molecule has 3 atom stereocenters. The van der Waals surface area contributed by atoms with Gasteiger partial charge in [0.05, 0.1) is 0 Å². The summed E-state index contributed by atoms with van der Waals surface area (Å²) in [5.41, 5.74) is 0. The highest BCUT2D eigenvalue weighted by Crippen LogP contribution is 2.24. The van der Waals surface area contributed by atoms with Gasteiger partial charge in [0, 0.05) is 12.1 Å². The Hall–Kier alpha value is -0.0800. The first-order chi connectivity index (χ1) is 7.81. The molecular formula is C14H30N2. The van der Waals surface area contributed by atoms with Gasteiger partial charge in [0.2, 0.25) is 0 Å². The molecule has 0 saturated carbocycles. The van der Waals surface area contributed by atoms with E-state index < -0.39 is 0 Å². The molecular weight excluding hydrogens is 196 g/mol. The minimum atomic E-state index is 0.758. The smallest absolute Gasteiger partial charge is 0.00931 e. The van der Waals surface area contributed by atoms with Crippen LogP contribution in [0.3, 0.4) is 0 Å². The molecule has 0 aromatic carbocycles. The Morgan fingerprint density at radius 1 is 1.25 bits per heavy atom. The van der Waals surface area contributed by atoms with Gasteiger partial charge in [0.15, 0.2) is 0 Å². The van der Waals surface area contributed by atoms with Gasteiger partial charge in [0.25, 0.3) is 0 Å². The normalized spacial score (nSPS) is 27.2. The zero-order valence-electron chi connectivity index (χ0n) is 11.4. The van der Waals surface area contributed by atoms with Crippen LogP contribution in [0.1, 0.15) is 59.3 Å². The molecule has 16 heavy (non-hydrogen) atoms. The number of hydrogen-bond donors (Lipinski definition) is 2. The molecule has 0 spiro atoms. The van der Waals surface area contributed by atoms with E-state index in [1.54, 1.807) is 0 Å². The average molecular weight is 226 g/mol. The second-order valence-electron chi connectivity index (χ2n) is 5.14. The molecule has 2 heteroatoms. The predicted octanol–water partition coefficient (Wildman–Crippen LogP) is 2.93. The molecule has 0 aromatic rings. The summed E-state index contributed by atoms with van der Waals surface area (Å²) in [5, 5.41) is 7.24. The van der Waals surface area contributed by atoms with E-state index in [4.69, 9.17) is 0 Å². The van der Waals surface area contributed by atoms with Gasteiger partial charge in [-0.05, 0) is 51.1 Å². The molecule has 1 aliphatic rings. The van der Waals surface area contributed by atoms with E-state index in [9.17, 15) is 0 Å². The molecule has 1 aliphatic heterocycles. The highest BCUT2D eigenvalue weighted by atomic mass is 14.9.